The van der Waals surface area contributed by atoms with Gasteiger partial charge in [0.1, 0.15) is 0 Å². The van der Waals surface area contributed by atoms with Crippen LogP contribution in [0.3, 0.4) is 0 Å². The second-order valence-electron chi connectivity index (χ2n) is 17.9. The molecule has 1 nitrogen and oxygen atoms in total. The van der Waals surface area contributed by atoms with Gasteiger partial charge in [0, 0.05) is 27.9 Å². The molecule has 0 amide bonds. The van der Waals surface area contributed by atoms with Gasteiger partial charge in [0.25, 0.3) is 0 Å². The van der Waals surface area contributed by atoms with Crippen LogP contribution in [0.2, 0.25) is 0 Å². The van der Waals surface area contributed by atoms with E-state index in [4.69, 9.17) is 0 Å². The molecule has 0 N–H and O–H groups in total. The van der Waals surface area contributed by atoms with Gasteiger partial charge in [0.15, 0.2) is 0 Å². The van der Waals surface area contributed by atoms with E-state index >= 15 is 0 Å². The first kappa shape index (κ1) is 35.9. The second-order valence-corrected chi connectivity index (χ2v) is 17.9. The molecule has 0 aliphatic heterocycles. The van der Waals surface area contributed by atoms with Crippen molar-refractivity contribution < 1.29 is 0 Å². The van der Waals surface area contributed by atoms with Gasteiger partial charge in [-0.1, -0.05) is 180 Å². The Morgan fingerprint density at radius 2 is 0.862 bits per heavy atom. The number of rotatable bonds is 6. The monoisotopic (exact) mass is 747 g/mol. The molecule has 58 heavy (non-hydrogen) atoms. The largest absolute Gasteiger partial charge is 0.311 e. The van der Waals surface area contributed by atoms with Gasteiger partial charge < -0.3 is 4.90 Å². The smallest absolute Gasteiger partial charge is 0.0462 e. The van der Waals surface area contributed by atoms with Crippen molar-refractivity contribution in [3.05, 3.63) is 221 Å². The molecule has 2 aliphatic carbocycles. The van der Waals surface area contributed by atoms with E-state index in [9.17, 15) is 0 Å². The van der Waals surface area contributed by atoms with Crippen LogP contribution in [0.4, 0.5) is 17.1 Å². The SMILES string of the molecule is CC(C)(C)c1ccc(N(c2ccc(-c3ccc4c(c3)C(C)(c3ccccc3)c3ccccc3-4)cc2)c2ccc(-c3cccc4c3C(C)(C)c3ccccc3-4)cc2)cc1. The number of nitrogens with zero attached hydrogens (tertiary/aromatic N) is 1. The maximum absolute atomic E-state index is 2.43. The zero-order valence-electron chi connectivity index (χ0n) is 34.3. The van der Waals surface area contributed by atoms with E-state index in [2.05, 4.69) is 234 Å². The van der Waals surface area contributed by atoms with Gasteiger partial charge in [-0.15, -0.1) is 0 Å². The molecule has 2 aliphatic rings. The standard InChI is InChI=1S/C57H49N/c1-55(2,3)41-28-34-45(35-29-41)58(44-32-25-39(26-33-44)46-19-14-20-50-48-18-10-12-21-51(48)56(4,5)54(46)50)43-30-23-38(24-31-43)40-27-36-49-47-17-11-13-22-52(47)57(6,53(49)37-40)42-15-8-7-9-16-42/h7-37H,1-6H3. The van der Waals surface area contributed by atoms with E-state index in [0.717, 1.165) is 17.1 Å². The van der Waals surface area contributed by atoms with Crippen LogP contribution in [0.25, 0.3) is 44.5 Å². The number of hydrogen-bond acceptors (Lipinski definition) is 1. The quantitative estimate of drug-likeness (QED) is 0.164. The van der Waals surface area contributed by atoms with Gasteiger partial charge in [-0.3, -0.25) is 0 Å². The first-order valence-corrected chi connectivity index (χ1v) is 20.7. The van der Waals surface area contributed by atoms with E-state index in [1.54, 1.807) is 0 Å². The van der Waals surface area contributed by atoms with E-state index in [-0.39, 0.29) is 16.2 Å². The Morgan fingerprint density at radius 3 is 1.50 bits per heavy atom. The summed E-state index contributed by atoms with van der Waals surface area (Å²) in [6.45, 7) is 13.9. The van der Waals surface area contributed by atoms with Gasteiger partial charge in [0.05, 0.1) is 0 Å². The van der Waals surface area contributed by atoms with Crippen LogP contribution in [-0.4, -0.2) is 0 Å². The zero-order chi connectivity index (χ0) is 39.8. The van der Waals surface area contributed by atoms with Crippen molar-refractivity contribution in [1.29, 1.82) is 0 Å². The highest BCUT2D eigenvalue weighted by molar-refractivity contribution is 5.90. The van der Waals surface area contributed by atoms with Crippen molar-refractivity contribution in [3.8, 4) is 44.5 Å². The zero-order valence-corrected chi connectivity index (χ0v) is 34.3. The van der Waals surface area contributed by atoms with Crippen LogP contribution in [-0.2, 0) is 16.2 Å². The number of anilines is 3. The summed E-state index contributed by atoms with van der Waals surface area (Å²) in [5, 5.41) is 0. The lowest BCUT2D eigenvalue weighted by atomic mass is 9.74. The average molecular weight is 748 g/mol. The van der Waals surface area contributed by atoms with Crippen molar-refractivity contribution in [2.75, 3.05) is 4.90 Å². The summed E-state index contributed by atoms with van der Waals surface area (Å²) in [5.74, 6) is 0. The minimum Gasteiger partial charge on any atom is -0.311 e. The third kappa shape index (κ3) is 5.59. The van der Waals surface area contributed by atoms with Gasteiger partial charge in [-0.25, -0.2) is 0 Å². The first-order valence-electron chi connectivity index (χ1n) is 20.7. The Morgan fingerprint density at radius 1 is 0.379 bits per heavy atom. The van der Waals surface area contributed by atoms with Crippen LogP contribution in [0.15, 0.2) is 188 Å². The highest BCUT2D eigenvalue weighted by atomic mass is 15.1. The highest BCUT2D eigenvalue weighted by Crippen LogP contribution is 2.54. The second kappa shape index (κ2) is 13.3. The number of benzene rings is 8. The molecule has 1 atom stereocenters. The maximum atomic E-state index is 2.43. The first-order chi connectivity index (χ1) is 28.0. The van der Waals surface area contributed by atoms with Crippen molar-refractivity contribution in [3.63, 3.8) is 0 Å². The summed E-state index contributed by atoms with van der Waals surface area (Å²) in [5.41, 5.74) is 21.7. The summed E-state index contributed by atoms with van der Waals surface area (Å²) >= 11 is 0. The topological polar surface area (TPSA) is 3.24 Å². The summed E-state index contributed by atoms with van der Waals surface area (Å²) in [4.78, 5) is 2.39. The normalized spacial score (nSPS) is 16.0. The third-order valence-electron chi connectivity index (χ3n) is 13.1. The molecule has 1 unspecified atom stereocenters. The van der Waals surface area contributed by atoms with E-state index in [0.29, 0.717) is 0 Å². The van der Waals surface area contributed by atoms with Crippen molar-refractivity contribution in [2.45, 2.75) is 57.8 Å². The molecular formula is C57H49N. The lowest BCUT2D eigenvalue weighted by Crippen LogP contribution is -2.22. The lowest BCUT2D eigenvalue weighted by Gasteiger charge is -2.29. The molecule has 10 rings (SSSR count). The average Bonchev–Trinajstić information content (AvgIpc) is 3.66. The van der Waals surface area contributed by atoms with Crippen molar-refractivity contribution in [2.24, 2.45) is 0 Å². The molecule has 8 aromatic rings. The summed E-state index contributed by atoms with van der Waals surface area (Å²) in [7, 11) is 0. The molecule has 0 heterocycles. The van der Waals surface area contributed by atoms with Gasteiger partial charge in [-0.05, 0) is 133 Å². The van der Waals surface area contributed by atoms with E-state index < -0.39 is 0 Å². The predicted octanol–water partition coefficient (Wildman–Crippen LogP) is 15.4. The Kier molecular flexibility index (Phi) is 8.25. The highest BCUT2D eigenvalue weighted by Gasteiger charge is 2.41. The molecule has 0 fully saturated rings. The summed E-state index contributed by atoms with van der Waals surface area (Å²) in [6, 6.07) is 70.1. The third-order valence-corrected chi connectivity index (χ3v) is 13.1. The Hall–Kier alpha value is -6.44. The van der Waals surface area contributed by atoms with E-state index in [1.807, 2.05) is 0 Å². The lowest BCUT2D eigenvalue weighted by molar-refractivity contribution is 0.590. The van der Waals surface area contributed by atoms with Crippen molar-refractivity contribution in [1.82, 2.24) is 0 Å². The Bertz CT molecular complexity index is 2820. The molecule has 8 aromatic carbocycles. The van der Waals surface area contributed by atoms with Crippen LogP contribution >= 0.6 is 0 Å². The van der Waals surface area contributed by atoms with Crippen LogP contribution in [0.1, 0.15) is 74.9 Å². The fourth-order valence-electron chi connectivity index (χ4n) is 9.99. The fraction of sp³-hybridized carbons (Fsp3) is 0.158. The molecule has 1 heteroatoms. The number of hydrogen-bond donors (Lipinski definition) is 0. The van der Waals surface area contributed by atoms with Crippen LogP contribution in [0.5, 0.6) is 0 Å². The maximum Gasteiger partial charge on any atom is 0.0462 e. The Labute approximate surface area is 344 Å². The summed E-state index contributed by atoms with van der Waals surface area (Å²) < 4.78 is 0. The van der Waals surface area contributed by atoms with Crippen LogP contribution < -0.4 is 4.90 Å². The summed E-state index contributed by atoms with van der Waals surface area (Å²) in [6.07, 6.45) is 0. The van der Waals surface area contributed by atoms with E-state index in [1.165, 1.54) is 77.9 Å². The van der Waals surface area contributed by atoms with Crippen LogP contribution in [0, 0.1) is 0 Å². The van der Waals surface area contributed by atoms with Gasteiger partial charge in [-0.2, -0.15) is 0 Å². The molecule has 282 valence electrons. The molecule has 0 bridgehead atoms. The fourth-order valence-corrected chi connectivity index (χ4v) is 9.99. The minimum atomic E-state index is -0.231. The molecule has 0 saturated carbocycles. The van der Waals surface area contributed by atoms with Gasteiger partial charge >= 0.3 is 0 Å². The molecule has 0 spiro atoms. The molecular weight excluding hydrogens is 699 g/mol. The van der Waals surface area contributed by atoms with Gasteiger partial charge in [0.2, 0.25) is 0 Å². The predicted molar refractivity (Wildman–Crippen MR) is 246 cm³/mol. The molecule has 0 saturated heterocycles. The molecule has 0 aromatic heterocycles. The number of fused-ring (bicyclic) bond motifs is 6. The molecule has 0 radical (unpaired) electrons. The Balaban J connectivity index is 1.03. The minimum absolute atomic E-state index is 0.0733. The van der Waals surface area contributed by atoms with Crippen molar-refractivity contribution >= 4 is 17.1 Å².